The van der Waals surface area contributed by atoms with Crippen molar-refractivity contribution < 1.29 is 59.8 Å². The molecule has 296 valence electrons. The maximum absolute atomic E-state index is 12.6. The lowest BCUT2D eigenvalue weighted by Gasteiger charge is -2.20. The van der Waals surface area contributed by atoms with Crippen molar-refractivity contribution in [3.05, 3.63) is 0 Å². The zero-order valence-electron chi connectivity index (χ0n) is 39.6. The minimum atomic E-state index is -4.78. The van der Waals surface area contributed by atoms with E-state index in [0.717, 1.165) is 64.2 Å². The molecule has 0 spiro atoms. The molecule has 0 rings (SSSR count). The van der Waals surface area contributed by atoms with Gasteiger partial charge in [-0.05, 0) is 12.8 Å². The molecule has 50 heavy (non-hydrogen) atoms. The molecule has 0 amide bonds. The van der Waals surface area contributed by atoms with Gasteiger partial charge in [-0.25, -0.2) is 4.57 Å². The van der Waals surface area contributed by atoms with E-state index in [1.165, 1.54) is 51.4 Å². The Morgan fingerprint density at radius 1 is 0.660 bits per heavy atom. The van der Waals surface area contributed by atoms with Crippen LogP contribution < -0.4 is 5.73 Å². The van der Waals surface area contributed by atoms with Gasteiger partial charge in [0.05, 0.1) is 13.2 Å². The van der Waals surface area contributed by atoms with Gasteiger partial charge in [0.1, 0.15) is 12.6 Å². The Balaban J connectivity index is 4.54. The quantitative estimate of drug-likeness (QED) is 0.0312. The number of hydrogen-bond acceptors (Lipinski definition) is 9. The molecular weight excluding hydrogens is 661 g/mol. The van der Waals surface area contributed by atoms with E-state index in [2.05, 4.69) is 11.4 Å². The van der Waals surface area contributed by atoms with Crippen LogP contribution in [0.3, 0.4) is 0 Å². The highest BCUT2D eigenvalue weighted by atomic mass is 31.2. The molecule has 1 unspecified atom stereocenters. The average Bonchev–Trinajstić information content (AvgIpc) is 3.15. The number of carbonyl (C=O) groups is 3. The van der Waals surface area contributed by atoms with E-state index in [4.69, 9.17) is 37.2 Å². The van der Waals surface area contributed by atoms with E-state index in [9.17, 15) is 23.8 Å². The van der Waals surface area contributed by atoms with E-state index in [1.807, 2.05) is 0 Å². The minimum absolute atomic E-state index is 0.0877. The van der Waals surface area contributed by atoms with Crippen LogP contribution in [0.25, 0.3) is 0 Å². The molecule has 3 atom stereocenters. The fourth-order valence-electron chi connectivity index (χ4n) is 5.19. The zero-order chi connectivity index (χ0) is 45.0. The summed E-state index contributed by atoms with van der Waals surface area (Å²) in [6.07, 6.45) is 10.7. The monoisotopic (exact) mass is 745 g/mol. The maximum Gasteiger partial charge on any atom is 0.472 e. The van der Waals surface area contributed by atoms with Crippen molar-refractivity contribution in [2.45, 2.75) is 206 Å². The van der Waals surface area contributed by atoms with Crippen molar-refractivity contribution in [2.75, 3.05) is 19.8 Å². The lowest BCUT2D eigenvalue weighted by molar-refractivity contribution is -0.161. The van der Waals surface area contributed by atoms with E-state index in [-0.39, 0.29) is 25.7 Å². The van der Waals surface area contributed by atoms with E-state index >= 15 is 0 Å². The van der Waals surface area contributed by atoms with Crippen LogP contribution in [0.4, 0.5) is 0 Å². The molecule has 11 nitrogen and oxygen atoms in total. The molecule has 4 N–H and O–H groups in total. The molecule has 0 aliphatic heterocycles. The fourth-order valence-corrected chi connectivity index (χ4v) is 5.97. The first-order valence-corrected chi connectivity index (χ1v) is 20.5. The van der Waals surface area contributed by atoms with Crippen LogP contribution in [0.1, 0.15) is 206 Å². The molecule has 0 saturated heterocycles. The largest absolute Gasteiger partial charge is 0.480 e. The average molecular weight is 745 g/mol. The molecule has 12 heteroatoms. The van der Waals surface area contributed by atoms with Gasteiger partial charge < -0.3 is 25.2 Å². The third kappa shape index (κ3) is 33.6. The first kappa shape index (κ1) is 34.3. The fraction of sp³-hybridized carbons (Fsp3) is 0.921. The normalized spacial score (nSPS) is 17.6. The summed E-state index contributed by atoms with van der Waals surface area (Å²) in [6, 6.07) is -1.57. The summed E-state index contributed by atoms with van der Waals surface area (Å²) < 4.78 is 102. The Morgan fingerprint density at radius 3 is 1.58 bits per heavy atom. The Kier molecular flexibility index (Phi) is 23.7. The molecular formula is C38H74NO10P. The predicted octanol–water partition coefficient (Wildman–Crippen LogP) is 9.95. The first-order valence-electron chi connectivity index (χ1n) is 23.5. The van der Waals surface area contributed by atoms with Gasteiger partial charge in [-0.15, -0.1) is 0 Å². The third-order valence-electron chi connectivity index (χ3n) is 8.20. The number of carboxylic acids is 1. The molecule has 0 aliphatic carbocycles. The number of phosphoric acid groups is 1. The number of rotatable bonds is 38. The summed E-state index contributed by atoms with van der Waals surface area (Å²) in [5.74, 6) is -2.59. The number of nitrogens with two attached hydrogens (primary N) is 1. The van der Waals surface area contributed by atoms with Crippen LogP contribution in [0.2, 0.25) is 0 Å². The highest BCUT2D eigenvalue weighted by molar-refractivity contribution is 7.47. The SMILES string of the molecule is [2H]C([2H])([2H])C([2H])([2H])C([2H])([2H])C([2H])([2H])CCCCCCCCCCCC(=O)OC[C@H](COP(=O)(O)OC[C@H](N)C(=O)O)OC(=O)CCCCCCCCCCCCCCC. The number of ether oxygens (including phenoxy) is 2. The van der Waals surface area contributed by atoms with Gasteiger partial charge in [-0.3, -0.25) is 23.4 Å². The molecule has 0 heterocycles. The van der Waals surface area contributed by atoms with Crippen molar-refractivity contribution in [3.8, 4) is 0 Å². The summed E-state index contributed by atoms with van der Waals surface area (Å²) in [4.78, 5) is 45.9. The van der Waals surface area contributed by atoms with E-state index < -0.39 is 83.7 Å². The summed E-state index contributed by atoms with van der Waals surface area (Å²) in [6.45, 7) is -2.99. The maximum atomic E-state index is 12.6. The summed E-state index contributed by atoms with van der Waals surface area (Å²) in [5, 5.41) is 8.87. The molecule has 0 fully saturated rings. The van der Waals surface area contributed by atoms with Crippen LogP contribution in [-0.4, -0.2) is 59.9 Å². The highest BCUT2D eigenvalue weighted by Gasteiger charge is 2.28. The number of hydrogen-bond donors (Lipinski definition) is 3. The first-order chi connectivity index (χ1) is 27.5. The van der Waals surface area contributed by atoms with Crippen LogP contribution in [-0.2, 0) is 37.5 Å². The zero-order valence-corrected chi connectivity index (χ0v) is 31.5. The van der Waals surface area contributed by atoms with Crippen LogP contribution in [0.5, 0.6) is 0 Å². The van der Waals surface area contributed by atoms with Crippen molar-refractivity contribution in [1.82, 2.24) is 0 Å². The summed E-state index contributed by atoms with van der Waals surface area (Å²) >= 11 is 0. The van der Waals surface area contributed by atoms with Gasteiger partial charge >= 0.3 is 25.7 Å². The van der Waals surface area contributed by atoms with Gasteiger partial charge in [0.15, 0.2) is 6.10 Å². The second kappa shape index (κ2) is 34.6. The summed E-state index contributed by atoms with van der Waals surface area (Å²) in [5.41, 5.74) is 5.31. The highest BCUT2D eigenvalue weighted by Crippen LogP contribution is 2.43. The number of unbranched alkanes of at least 4 members (excludes halogenated alkanes) is 20. The van der Waals surface area contributed by atoms with Crippen LogP contribution >= 0.6 is 7.82 Å². The lowest BCUT2D eigenvalue weighted by Crippen LogP contribution is -2.34. The third-order valence-corrected chi connectivity index (χ3v) is 9.16. The van der Waals surface area contributed by atoms with Gasteiger partial charge in [0.2, 0.25) is 0 Å². The van der Waals surface area contributed by atoms with E-state index in [0.29, 0.717) is 19.3 Å². The van der Waals surface area contributed by atoms with Gasteiger partial charge in [-0.2, -0.15) is 0 Å². The number of esters is 2. The standard InChI is InChI=1S/C38H74NO10P/c1-3-5-7-9-11-13-15-17-19-21-23-25-27-29-36(40)46-31-34(32-47-50(44,45)48-33-35(39)38(42)43)49-37(41)30-28-26-24-22-20-18-16-14-12-10-8-6-4-2/h34-35H,3-33,39H2,1-2H3,(H,42,43)(H,44,45)/t34-,35+/m1/s1/i1D3,3D2,5D2,7D2. The topological polar surface area (TPSA) is 172 Å². The predicted molar refractivity (Wildman–Crippen MR) is 199 cm³/mol. The number of carboxylic acid groups (broad SMARTS) is 1. The molecule has 0 saturated carbocycles. The Bertz CT molecular complexity index is 1210. The second-order valence-corrected chi connectivity index (χ2v) is 14.4. The molecule has 0 aromatic heterocycles. The Hall–Kier alpha value is -1.52. The Morgan fingerprint density at radius 2 is 1.10 bits per heavy atom. The van der Waals surface area contributed by atoms with Gasteiger partial charge in [0, 0.05) is 25.2 Å². The van der Waals surface area contributed by atoms with E-state index in [1.54, 1.807) is 0 Å². The van der Waals surface area contributed by atoms with Gasteiger partial charge in [-0.1, -0.05) is 168 Å². The summed E-state index contributed by atoms with van der Waals surface area (Å²) in [7, 11) is -4.78. The van der Waals surface area contributed by atoms with Crippen molar-refractivity contribution in [3.63, 3.8) is 0 Å². The molecule has 0 aliphatic rings. The number of phosphoric ester groups is 1. The van der Waals surface area contributed by atoms with Crippen LogP contribution in [0, 0.1) is 0 Å². The van der Waals surface area contributed by atoms with Crippen molar-refractivity contribution in [2.24, 2.45) is 5.73 Å². The smallest absolute Gasteiger partial charge is 0.472 e. The number of carbonyl (C=O) groups excluding carboxylic acids is 2. The molecule has 0 radical (unpaired) electrons. The van der Waals surface area contributed by atoms with Crippen molar-refractivity contribution in [1.29, 1.82) is 0 Å². The molecule has 0 aromatic carbocycles. The Labute approximate surface area is 316 Å². The minimum Gasteiger partial charge on any atom is -0.480 e. The van der Waals surface area contributed by atoms with Crippen LogP contribution in [0.15, 0.2) is 0 Å². The van der Waals surface area contributed by atoms with Gasteiger partial charge in [0.25, 0.3) is 0 Å². The second-order valence-electron chi connectivity index (χ2n) is 12.9. The lowest BCUT2D eigenvalue weighted by atomic mass is 10.0. The molecule has 0 aromatic rings. The van der Waals surface area contributed by atoms with Crippen molar-refractivity contribution >= 4 is 25.7 Å². The number of aliphatic carboxylic acids is 1. The molecule has 0 bridgehead atoms.